The van der Waals surface area contributed by atoms with E-state index >= 15 is 0 Å². The summed E-state index contributed by atoms with van der Waals surface area (Å²) in [6.45, 7) is 3.64. The van der Waals surface area contributed by atoms with Gasteiger partial charge in [-0.3, -0.25) is 9.89 Å². The standard InChI is InChI=1S/C21H25N5O2/c1-13-19-17(21(28)22-10-9-15-4-3-11-26(15)2)12-18(23-20(19)25-24-13)14-5-7-16(27)8-6-14/h5-8,12,15,27H,3-4,9-11H2,1-2H3,(H,22,28)(H,23,24,25). The second-order valence-corrected chi connectivity index (χ2v) is 7.46. The molecule has 2 aromatic heterocycles. The molecule has 1 aromatic carbocycles. The third-order valence-electron chi connectivity index (χ3n) is 5.55. The molecule has 3 heterocycles. The second-order valence-electron chi connectivity index (χ2n) is 7.46. The SMILES string of the molecule is Cc1n[nH]c2nc(-c3ccc(O)cc3)cc(C(=O)NCCC3CCCN3C)c12. The minimum Gasteiger partial charge on any atom is -0.508 e. The Morgan fingerprint density at radius 1 is 1.36 bits per heavy atom. The summed E-state index contributed by atoms with van der Waals surface area (Å²) in [7, 11) is 2.14. The number of rotatable bonds is 5. The zero-order chi connectivity index (χ0) is 19.7. The van der Waals surface area contributed by atoms with Crippen LogP contribution in [0, 0.1) is 6.92 Å². The lowest BCUT2D eigenvalue weighted by atomic mass is 10.0. The van der Waals surface area contributed by atoms with E-state index in [2.05, 4.69) is 32.4 Å². The maximum Gasteiger partial charge on any atom is 0.252 e. The third-order valence-corrected chi connectivity index (χ3v) is 5.55. The Balaban J connectivity index is 1.60. The van der Waals surface area contributed by atoms with Crippen molar-refractivity contribution in [1.82, 2.24) is 25.4 Å². The minimum atomic E-state index is -0.113. The van der Waals surface area contributed by atoms with E-state index in [-0.39, 0.29) is 11.7 Å². The number of carbonyl (C=O) groups excluding carboxylic acids is 1. The molecule has 1 saturated heterocycles. The molecule has 1 aliphatic rings. The number of likely N-dealkylation sites (tertiary alicyclic amines) is 1. The number of aromatic amines is 1. The first-order chi connectivity index (χ1) is 13.5. The Bertz CT molecular complexity index is 996. The number of aromatic nitrogens is 3. The number of hydrogen-bond acceptors (Lipinski definition) is 5. The van der Waals surface area contributed by atoms with Crippen molar-refractivity contribution < 1.29 is 9.90 Å². The normalized spacial score (nSPS) is 17.3. The van der Waals surface area contributed by atoms with Crippen LogP contribution in [0.4, 0.5) is 0 Å². The van der Waals surface area contributed by atoms with Gasteiger partial charge in [0.2, 0.25) is 0 Å². The van der Waals surface area contributed by atoms with Crippen molar-refractivity contribution in [3.63, 3.8) is 0 Å². The molecule has 3 aromatic rings. The summed E-state index contributed by atoms with van der Waals surface area (Å²) in [4.78, 5) is 19.9. The molecule has 0 aliphatic carbocycles. The lowest BCUT2D eigenvalue weighted by Gasteiger charge is -2.19. The first-order valence-electron chi connectivity index (χ1n) is 9.66. The summed E-state index contributed by atoms with van der Waals surface area (Å²) in [5.41, 5.74) is 3.40. The molecule has 0 spiro atoms. The van der Waals surface area contributed by atoms with Crippen molar-refractivity contribution in [3.8, 4) is 17.0 Å². The van der Waals surface area contributed by atoms with Crippen molar-refractivity contribution >= 4 is 16.9 Å². The number of nitrogens with one attached hydrogen (secondary N) is 2. The lowest BCUT2D eigenvalue weighted by Crippen LogP contribution is -2.32. The Kier molecular flexibility index (Phi) is 5.00. The van der Waals surface area contributed by atoms with E-state index < -0.39 is 0 Å². The van der Waals surface area contributed by atoms with Gasteiger partial charge in [-0.2, -0.15) is 5.10 Å². The summed E-state index contributed by atoms with van der Waals surface area (Å²) < 4.78 is 0. The molecular formula is C21H25N5O2. The van der Waals surface area contributed by atoms with Crippen molar-refractivity contribution in [2.75, 3.05) is 20.1 Å². The molecule has 4 rings (SSSR count). The van der Waals surface area contributed by atoms with Gasteiger partial charge in [0, 0.05) is 18.2 Å². The number of H-pyrrole nitrogens is 1. The maximum atomic E-state index is 13.0. The van der Waals surface area contributed by atoms with Crippen molar-refractivity contribution in [2.24, 2.45) is 0 Å². The Labute approximate surface area is 163 Å². The molecule has 0 bridgehead atoms. The van der Waals surface area contributed by atoms with Crippen LogP contribution in [-0.2, 0) is 0 Å². The number of benzene rings is 1. The van der Waals surface area contributed by atoms with Crippen molar-refractivity contribution in [2.45, 2.75) is 32.2 Å². The summed E-state index contributed by atoms with van der Waals surface area (Å²) in [5, 5.41) is 20.5. The fourth-order valence-corrected chi connectivity index (χ4v) is 3.94. The number of nitrogens with zero attached hydrogens (tertiary/aromatic N) is 3. The predicted molar refractivity (Wildman–Crippen MR) is 108 cm³/mol. The molecule has 28 heavy (non-hydrogen) atoms. The van der Waals surface area contributed by atoms with Gasteiger partial charge in [0.1, 0.15) is 5.75 Å². The number of hydrogen-bond donors (Lipinski definition) is 3. The van der Waals surface area contributed by atoms with E-state index in [1.165, 1.54) is 12.8 Å². The first kappa shape index (κ1) is 18.4. The van der Waals surface area contributed by atoms with Crippen LogP contribution in [0.15, 0.2) is 30.3 Å². The molecule has 7 heteroatoms. The molecule has 1 aliphatic heterocycles. The van der Waals surface area contributed by atoms with E-state index in [0.29, 0.717) is 29.5 Å². The van der Waals surface area contributed by atoms with Gasteiger partial charge in [0.15, 0.2) is 5.65 Å². The van der Waals surface area contributed by atoms with Gasteiger partial charge in [0.25, 0.3) is 5.91 Å². The molecule has 7 nitrogen and oxygen atoms in total. The molecule has 1 amide bonds. The Morgan fingerprint density at radius 3 is 2.86 bits per heavy atom. The fraction of sp³-hybridized carbons (Fsp3) is 0.381. The quantitative estimate of drug-likeness (QED) is 0.634. The summed E-state index contributed by atoms with van der Waals surface area (Å²) in [5.74, 6) is 0.0784. The molecule has 0 radical (unpaired) electrons. The van der Waals surface area contributed by atoms with E-state index in [4.69, 9.17) is 0 Å². The number of phenols is 1. The van der Waals surface area contributed by atoms with Crippen LogP contribution in [0.25, 0.3) is 22.3 Å². The van der Waals surface area contributed by atoms with Crippen LogP contribution >= 0.6 is 0 Å². The molecule has 1 unspecified atom stereocenters. The first-order valence-corrected chi connectivity index (χ1v) is 9.66. The highest BCUT2D eigenvalue weighted by atomic mass is 16.3. The fourth-order valence-electron chi connectivity index (χ4n) is 3.94. The van der Waals surface area contributed by atoms with E-state index in [9.17, 15) is 9.90 Å². The summed E-state index contributed by atoms with van der Waals surface area (Å²) in [6, 6.07) is 9.12. The highest BCUT2D eigenvalue weighted by Gasteiger charge is 2.21. The minimum absolute atomic E-state index is 0.113. The number of amides is 1. The molecule has 1 fully saturated rings. The van der Waals surface area contributed by atoms with Crippen LogP contribution in [0.3, 0.4) is 0 Å². The highest BCUT2D eigenvalue weighted by molar-refractivity contribution is 6.07. The number of carbonyl (C=O) groups is 1. The highest BCUT2D eigenvalue weighted by Crippen LogP contribution is 2.27. The summed E-state index contributed by atoms with van der Waals surface area (Å²) >= 11 is 0. The van der Waals surface area contributed by atoms with Crippen molar-refractivity contribution in [1.29, 1.82) is 0 Å². The van der Waals surface area contributed by atoms with Gasteiger partial charge in [-0.1, -0.05) is 0 Å². The largest absolute Gasteiger partial charge is 0.508 e. The number of phenolic OH excluding ortho intramolecular Hbond substituents is 1. The molecule has 146 valence electrons. The number of pyridine rings is 1. The number of aromatic hydroxyl groups is 1. The molecule has 1 atom stereocenters. The van der Waals surface area contributed by atoms with Gasteiger partial charge in [-0.05, 0) is 70.1 Å². The Hall–Kier alpha value is -2.93. The Morgan fingerprint density at radius 2 is 2.14 bits per heavy atom. The van der Waals surface area contributed by atoms with Gasteiger partial charge in [0.05, 0.1) is 22.3 Å². The molecule has 0 saturated carbocycles. The number of aryl methyl sites for hydroxylation is 1. The second kappa shape index (κ2) is 7.59. The van der Waals surface area contributed by atoms with E-state index in [1.54, 1.807) is 30.3 Å². The molecule has 3 N–H and O–H groups in total. The van der Waals surface area contributed by atoms with Crippen molar-refractivity contribution in [3.05, 3.63) is 41.6 Å². The topological polar surface area (TPSA) is 94.1 Å². The van der Waals surface area contributed by atoms with Crippen LogP contribution in [0.2, 0.25) is 0 Å². The van der Waals surface area contributed by atoms with E-state index in [1.807, 2.05) is 6.92 Å². The zero-order valence-electron chi connectivity index (χ0n) is 16.2. The summed E-state index contributed by atoms with van der Waals surface area (Å²) in [6.07, 6.45) is 3.37. The van der Waals surface area contributed by atoms with Gasteiger partial charge in [-0.15, -0.1) is 0 Å². The van der Waals surface area contributed by atoms with E-state index in [0.717, 1.165) is 29.6 Å². The van der Waals surface area contributed by atoms with Gasteiger partial charge < -0.3 is 15.3 Å². The van der Waals surface area contributed by atoms with Gasteiger partial charge >= 0.3 is 0 Å². The predicted octanol–water partition coefficient (Wildman–Crippen LogP) is 2.85. The zero-order valence-corrected chi connectivity index (χ0v) is 16.2. The average molecular weight is 379 g/mol. The average Bonchev–Trinajstić information content (AvgIpc) is 3.27. The van der Waals surface area contributed by atoms with Crippen LogP contribution in [0.5, 0.6) is 5.75 Å². The maximum absolute atomic E-state index is 13.0. The third kappa shape index (κ3) is 3.57. The van der Waals surface area contributed by atoms with Crippen LogP contribution in [-0.4, -0.2) is 57.3 Å². The van der Waals surface area contributed by atoms with Gasteiger partial charge in [-0.25, -0.2) is 4.98 Å². The number of fused-ring (bicyclic) bond motifs is 1. The van der Waals surface area contributed by atoms with Crippen LogP contribution in [0.1, 0.15) is 35.3 Å². The van der Waals surface area contributed by atoms with Crippen LogP contribution < -0.4 is 5.32 Å². The smallest absolute Gasteiger partial charge is 0.252 e. The molecular weight excluding hydrogens is 354 g/mol. The monoisotopic (exact) mass is 379 g/mol. The lowest BCUT2D eigenvalue weighted by molar-refractivity contribution is 0.0952.